The quantitative estimate of drug-likeness (QED) is 0.484. The topological polar surface area (TPSA) is 118 Å². The third kappa shape index (κ3) is 8.58. The molecule has 9 nitrogen and oxygen atoms in total. The molecule has 0 bridgehead atoms. The van der Waals surface area contributed by atoms with Gasteiger partial charge in [-0.1, -0.05) is 34.1 Å². The van der Waals surface area contributed by atoms with Crippen LogP contribution in [0.4, 0.5) is 4.79 Å². The van der Waals surface area contributed by atoms with Gasteiger partial charge in [-0.25, -0.2) is 14.6 Å². The van der Waals surface area contributed by atoms with Crippen LogP contribution in [0.2, 0.25) is 0 Å². The Morgan fingerprint density at radius 2 is 1.85 bits per heavy atom. The molecule has 0 saturated carbocycles. The monoisotopic (exact) mass is 485 g/mol. The number of ether oxygens (including phenoxy) is 2. The van der Waals surface area contributed by atoms with Crippen LogP contribution in [0.5, 0.6) is 0 Å². The summed E-state index contributed by atoms with van der Waals surface area (Å²) in [6.07, 6.45) is -0.691. The summed E-state index contributed by atoms with van der Waals surface area (Å²) in [7, 11) is 2.94. The van der Waals surface area contributed by atoms with Gasteiger partial charge in [0.1, 0.15) is 22.8 Å². The van der Waals surface area contributed by atoms with Crippen molar-refractivity contribution in [3.05, 3.63) is 16.1 Å². The molecule has 0 spiro atoms. The lowest BCUT2D eigenvalue weighted by atomic mass is 9.93. The van der Waals surface area contributed by atoms with E-state index in [0.29, 0.717) is 11.4 Å². The fraction of sp³-hybridized carbons (Fsp3) is 0.739. The molecule has 0 saturated heterocycles. The zero-order valence-corrected chi connectivity index (χ0v) is 22.0. The van der Waals surface area contributed by atoms with Gasteiger partial charge >= 0.3 is 12.1 Å². The number of amides is 2. The van der Waals surface area contributed by atoms with E-state index in [9.17, 15) is 19.5 Å². The van der Waals surface area contributed by atoms with Gasteiger partial charge in [-0.2, -0.15) is 0 Å². The molecule has 2 N–H and O–H groups in total. The number of esters is 1. The van der Waals surface area contributed by atoms with E-state index in [-0.39, 0.29) is 35.9 Å². The van der Waals surface area contributed by atoms with E-state index in [1.54, 1.807) is 32.7 Å². The number of carbonyl (C=O) groups is 3. The minimum absolute atomic E-state index is 0.0211. The van der Waals surface area contributed by atoms with Crippen LogP contribution in [0.3, 0.4) is 0 Å². The molecule has 4 unspecified atom stereocenters. The van der Waals surface area contributed by atoms with E-state index in [4.69, 9.17) is 4.74 Å². The Labute approximate surface area is 200 Å². The number of hydrogen-bond acceptors (Lipinski definition) is 8. The Bertz CT molecular complexity index is 804. The van der Waals surface area contributed by atoms with E-state index < -0.39 is 29.8 Å². The van der Waals surface area contributed by atoms with Gasteiger partial charge in [0, 0.05) is 24.9 Å². The average molecular weight is 486 g/mol. The maximum absolute atomic E-state index is 13.4. The number of methoxy groups -OCH3 is 1. The fourth-order valence-corrected chi connectivity index (χ4v) is 4.13. The van der Waals surface area contributed by atoms with Crippen molar-refractivity contribution in [2.45, 2.75) is 85.1 Å². The van der Waals surface area contributed by atoms with Crippen LogP contribution in [-0.2, 0) is 14.3 Å². The molecule has 4 atom stereocenters. The molecular weight excluding hydrogens is 446 g/mol. The SMILES string of the molecule is CCC(C)C(NC(=O)OC(C)(C)C)C(=O)N(C)C(CC(O)c1nc(C(=O)OC)cs1)C(C)C. The normalized spacial score (nSPS) is 15.4. The number of hydrogen-bond donors (Lipinski definition) is 2. The zero-order valence-electron chi connectivity index (χ0n) is 21.2. The summed E-state index contributed by atoms with van der Waals surface area (Å²) in [5, 5.41) is 15.4. The number of aliphatic hydroxyl groups excluding tert-OH is 1. The Kier molecular flexibility index (Phi) is 10.8. The van der Waals surface area contributed by atoms with Gasteiger partial charge in [-0.15, -0.1) is 11.3 Å². The molecule has 1 heterocycles. The zero-order chi connectivity index (χ0) is 25.5. The molecule has 0 aromatic carbocycles. The number of carbonyl (C=O) groups excluding carboxylic acids is 3. The maximum Gasteiger partial charge on any atom is 0.408 e. The Morgan fingerprint density at radius 1 is 1.24 bits per heavy atom. The van der Waals surface area contributed by atoms with E-state index in [0.717, 1.165) is 11.3 Å². The lowest BCUT2D eigenvalue weighted by Crippen LogP contribution is -2.54. The summed E-state index contributed by atoms with van der Waals surface area (Å²) in [5.41, 5.74) is -0.541. The summed E-state index contributed by atoms with van der Waals surface area (Å²) in [6.45, 7) is 13.1. The van der Waals surface area contributed by atoms with Crippen molar-refractivity contribution in [1.29, 1.82) is 0 Å². The largest absolute Gasteiger partial charge is 0.464 e. The molecular formula is C23H39N3O6S. The summed E-state index contributed by atoms with van der Waals surface area (Å²) in [6, 6.07) is -1.09. The second kappa shape index (κ2) is 12.3. The minimum atomic E-state index is -0.961. The molecule has 0 aliphatic rings. The van der Waals surface area contributed by atoms with Gasteiger partial charge in [0.05, 0.1) is 7.11 Å². The summed E-state index contributed by atoms with van der Waals surface area (Å²) in [4.78, 5) is 43.2. The number of thiazole rings is 1. The lowest BCUT2D eigenvalue weighted by Gasteiger charge is -2.36. The van der Waals surface area contributed by atoms with Gasteiger partial charge in [0.15, 0.2) is 5.69 Å². The number of rotatable bonds is 10. The smallest absolute Gasteiger partial charge is 0.408 e. The first kappa shape index (κ1) is 28.8. The molecule has 1 aromatic heterocycles. The standard InChI is InChI=1S/C23H39N3O6S/c1-10-14(4)18(25-22(30)32-23(5,6)7)20(28)26(8)16(13(2)3)11-17(27)19-24-15(12-33-19)21(29)31-9/h12-14,16-18,27H,10-11H2,1-9H3,(H,25,30). The van der Waals surface area contributed by atoms with Crippen LogP contribution in [0.25, 0.3) is 0 Å². The molecule has 188 valence electrons. The Hall–Kier alpha value is -2.20. The fourth-order valence-electron chi connectivity index (χ4n) is 3.35. The molecule has 0 aliphatic heterocycles. The second-order valence-electron chi connectivity index (χ2n) is 9.58. The number of aromatic nitrogens is 1. The van der Waals surface area contributed by atoms with Crippen LogP contribution < -0.4 is 5.32 Å². The highest BCUT2D eigenvalue weighted by atomic mass is 32.1. The third-order valence-corrected chi connectivity index (χ3v) is 6.38. The number of nitrogens with zero attached hydrogens (tertiary/aromatic N) is 2. The third-order valence-electron chi connectivity index (χ3n) is 5.43. The Morgan fingerprint density at radius 3 is 2.33 bits per heavy atom. The number of aliphatic hydroxyl groups is 1. The van der Waals surface area contributed by atoms with Crippen molar-refractivity contribution in [1.82, 2.24) is 15.2 Å². The van der Waals surface area contributed by atoms with Gasteiger partial charge in [-0.3, -0.25) is 4.79 Å². The number of alkyl carbamates (subject to hydrolysis) is 1. The van der Waals surface area contributed by atoms with Crippen molar-refractivity contribution in [3.63, 3.8) is 0 Å². The molecule has 0 radical (unpaired) electrons. The highest BCUT2D eigenvalue weighted by Gasteiger charge is 2.35. The van der Waals surface area contributed by atoms with Crippen molar-refractivity contribution in [2.75, 3.05) is 14.2 Å². The summed E-state index contributed by atoms with van der Waals surface area (Å²) < 4.78 is 10.0. The van der Waals surface area contributed by atoms with E-state index in [1.165, 1.54) is 12.5 Å². The van der Waals surface area contributed by atoms with Crippen molar-refractivity contribution in [2.24, 2.45) is 11.8 Å². The molecule has 10 heteroatoms. The van der Waals surface area contributed by atoms with Crippen LogP contribution in [0, 0.1) is 11.8 Å². The molecule has 1 aromatic rings. The molecule has 0 aliphatic carbocycles. The lowest BCUT2D eigenvalue weighted by molar-refractivity contribution is -0.137. The van der Waals surface area contributed by atoms with Crippen molar-refractivity contribution in [3.8, 4) is 0 Å². The van der Waals surface area contributed by atoms with E-state index >= 15 is 0 Å². The van der Waals surface area contributed by atoms with Crippen LogP contribution >= 0.6 is 11.3 Å². The van der Waals surface area contributed by atoms with Crippen LogP contribution in [0.15, 0.2) is 5.38 Å². The van der Waals surface area contributed by atoms with Gasteiger partial charge in [0.2, 0.25) is 5.91 Å². The maximum atomic E-state index is 13.4. The number of likely N-dealkylation sites (N-methyl/N-ethyl adjacent to an activating group) is 1. The second-order valence-corrected chi connectivity index (χ2v) is 10.5. The number of nitrogens with one attached hydrogen (secondary N) is 1. The van der Waals surface area contributed by atoms with E-state index in [1.807, 2.05) is 27.7 Å². The summed E-state index contributed by atoms with van der Waals surface area (Å²) in [5.74, 6) is -0.919. The first-order chi connectivity index (χ1) is 15.2. The molecule has 1 rings (SSSR count). The van der Waals surface area contributed by atoms with Crippen LogP contribution in [0.1, 0.15) is 82.9 Å². The predicted molar refractivity (Wildman–Crippen MR) is 127 cm³/mol. The van der Waals surface area contributed by atoms with Crippen molar-refractivity contribution >= 4 is 29.3 Å². The summed E-state index contributed by atoms with van der Waals surface area (Å²) >= 11 is 1.16. The molecule has 33 heavy (non-hydrogen) atoms. The average Bonchev–Trinajstić information content (AvgIpc) is 3.22. The predicted octanol–water partition coefficient (Wildman–Crippen LogP) is 3.78. The molecule has 2 amide bonds. The first-order valence-corrected chi connectivity index (χ1v) is 12.1. The molecule has 0 fully saturated rings. The highest BCUT2D eigenvalue weighted by molar-refractivity contribution is 7.09. The van der Waals surface area contributed by atoms with Gasteiger partial charge in [0.25, 0.3) is 0 Å². The van der Waals surface area contributed by atoms with Crippen molar-refractivity contribution < 1.29 is 29.0 Å². The first-order valence-electron chi connectivity index (χ1n) is 11.2. The Balaban J connectivity index is 3.03. The van der Waals surface area contributed by atoms with E-state index in [2.05, 4.69) is 15.0 Å². The van der Waals surface area contributed by atoms with Gasteiger partial charge in [-0.05, 0) is 32.6 Å². The highest BCUT2D eigenvalue weighted by Crippen LogP contribution is 2.28. The van der Waals surface area contributed by atoms with Crippen LogP contribution in [-0.4, -0.2) is 64.8 Å². The minimum Gasteiger partial charge on any atom is -0.464 e. The van der Waals surface area contributed by atoms with Gasteiger partial charge < -0.3 is 24.8 Å².